The van der Waals surface area contributed by atoms with Crippen LogP contribution in [0.2, 0.25) is 5.02 Å². The monoisotopic (exact) mass is 395 g/mol. The summed E-state index contributed by atoms with van der Waals surface area (Å²) in [7, 11) is 0. The first kappa shape index (κ1) is 17.8. The third-order valence-corrected chi connectivity index (χ3v) is 5.25. The molecule has 4 nitrogen and oxygen atoms in total. The number of ether oxygens (including phenoxy) is 1. The number of halogens is 1. The number of nitrogens with one attached hydrogen (secondary N) is 2. The Morgan fingerprint density at radius 3 is 2.56 bits per heavy atom. The van der Waals surface area contributed by atoms with Crippen LogP contribution in [0.15, 0.2) is 76.6 Å². The molecule has 3 aromatic carbocycles. The minimum absolute atomic E-state index is 0.574. The number of benzene rings is 3. The molecule has 0 fully saturated rings. The minimum Gasteiger partial charge on any atom is -0.454 e. The Balaban J connectivity index is 1.55. The molecule has 3 aromatic rings. The largest absolute Gasteiger partial charge is 0.454 e. The van der Waals surface area contributed by atoms with Gasteiger partial charge in [0, 0.05) is 0 Å². The van der Waals surface area contributed by atoms with Crippen molar-refractivity contribution in [2.75, 3.05) is 5.32 Å². The summed E-state index contributed by atoms with van der Waals surface area (Å²) in [5.74, 6) is 2.02. The van der Waals surface area contributed by atoms with Crippen molar-refractivity contribution in [2.24, 2.45) is 4.99 Å². The molecule has 1 heterocycles. The molecule has 136 valence electrons. The lowest BCUT2D eigenvalue weighted by molar-refractivity contribution is 0.484. The van der Waals surface area contributed by atoms with E-state index in [1.54, 1.807) is 0 Å². The van der Waals surface area contributed by atoms with Crippen LogP contribution in [0.3, 0.4) is 0 Å². The van der Waals surface area contributed by atoms with E-state index in [0.717, 1.165) is 16.1 Å². The van der Waals surface area contributed by atoms with Crippen molar-refractivity contribution >= 4 is 35.2 Å². The average Bonchev–Trinajstić information content (AvgIpc) is 2.69. The fraction of sp³-hybridized carbons (Fsp3) is 0.0952. The number of rotatable bonds is 4. The number of fused-ring (bicyclic) bond motifs is 1. The van der Waals surface area contributed by atoms with Crippen molar-refractivity contribution in [1.29, 1.82) is 0 Å². The Morgan fingerprint density at radius 1 is 0.963 bits per heavy atom. The first-order chi connectivity index (χ1) is 13.2. The summed E-state index contributed by atoms with van der Waals surface area (Å²) >= 11 is 7.73. The summed E-state index contributed by atoms with van der Waals surface area (Å²) in [6, 6.07) is 21.7. The molecule has 0 atom stereocenters. The molecule has 0 aromatic heterocycles. The lowest BCUT2D eigenvalue weighted by atomic mass is 10.1. The molecule has 0 bridgehead atoms. The summed E-state index contributed by atoms with van der Waals surface area (Å²) in [4.78, 5) is 5.68. The molecule has 6 heteroatoms. The number of nitrogens with zero attached hydrogens (tertiary/aromatic N) is 1. The number of para-hydroxylation sites is 2. The van der Waals surface area contributed by atoms with Gasteiger partial charge in [0.2, 0.25) is 5.96 Å². The second kappa shape index (κ2) is 7.94. The summed E-state index contributed by atoms with van der Waals surface area (Å²) in [5, 5.41) is 3.91. The van der Waals surface area contributed by atoms with Gasteiger partial charge in [-0.15, -0.1) is 0 Å². The SMILES string of the molecule is Cc1ccc(CN=C2NSc3cccc(Oc4ccccc4Cl)c3N2)cc1. The molecule has 0 spiro atoms. The summed E-state index contributed by atoms with van der Waals surface area (Å²) < 4.78 is 9.27. The molecular formula is C21H18ClN3OS. The van der Waals surface area contributed by atoms with E-state index in [9.17, 15) is 0 Å². The van der Waals surface area contributed by atoms with Crippen LogP contribution in [0.4, 0.5) is 5.69 Å². The molecule has 4 rings (SSSR count). The Morgan fingerprint density at radius 2 is 1.74 bits per heavy atom. The van der Waals surface area contributed by atoms with E-state index in [-0.39, 0.29) is 0 Å². The van der Waals surface area contributed by atoms with Crippen LogP contribution in [0, 0.1) is 6.92 Å². The Labute approximate surface area is 167 Å². The Kier molecular flexibility index (Phi) is 5.23. The first-order valence-corrected chi connectivity index (χ1v) is 9.74. The van der Waals surface area contributed by atoms with Gasteiger partial charge in [-0.3, -0.25) is 4.72 Å². The predicted octanol–water partition coefficient (Wildman–Crippen LogP) is 6.02. The van der Waals surface area contributed by atoms with Crippen LogP contribution in [-0.2, 0) is 6.54 Å². The molecule has 0 aliphatic carbocycles. The molecule has 27 heavy (non-hydrogen) atoms. The summed E-state index contributed by atoms with van der Waals surface area (Å²) in [6.07, 6.45) is 0. The molecular weight excluding hydrogens is 378 g/mol. The van der Waals surface area contributed by atoms with Crippen molar-refractivity contribution in [3.63, 3.8) is 0 Å². The fourth-order valence-electron chi connectivity index (χ4n) is 2.63. The second-order valence-corrected chi connectivity index (χ2v) is 7.40. The maximum Gasteiger partial charge on any atom is 0.206 e. The second-order valence-electron chi connectivity index (χ2n) is 6.14. The average molecular weight is 396 g/mol. The highest BCUT2D eigenvalue weighted by molar-refractivity contribution is 7.98. The van der Waals surface area contributed by atoms with Gasteiger partial charge in [-0.05, 0) is 48.7 Å². The van der Waals surface area contributed by atoms with Gasteiger partial charge in [0.05, 0.1) is 22.2 Å². The van der Waals surface area contributed by atoms with Crippen molar-refractivity contribution in [2.45, 2.75) is 18.4 Å². The van der Waals surface area contributed by atoms with E-state index in [1.807, 2.05) is 42.5 Å². The molecule has 0 saturated heterocycles. The van der Waals surface area contributed by atoms with Crippen LogP contribution >= 0.6 is 23.5 Å². The van der Waals surface area contributed by atoms with Crippen LogP contribution in [0.25, 0.3) is 0 Å². The van der Waals surface area contributed by atoms with Gasteiger partial charge in [-0.1, -0.05) is 59.6 Å². The molecule has 0 amide bonds. The maximum absolute atomic E-state index is 6.23. The molecule has 0 saturated carbocycles. The zero-order valence-electron chi connectivity index (χ0n) is 14.7. The Bertz CT molecular complexity index is 989. The quantitative estimate of drug-likeness (QED) is 0.530. The molecule has 1 aliphatic heterocycles. The third-order valence-electron chi connectivity index (χ3n) is 4.09. The molecule has 0 unspecified atom stereocenters. The van der Waals surface area contributed by atoms with Gasteiger partial charge in [-0.2, -0.15) is 0 Å². The van der Waals surface area contributed by atoms with Gasteiger partial charge in [0.15, 0.2) is 5.75 Å². The van der Waals surface area contributed by atoms with Crippen molar-refractivity contribution in [3.05, 3.63) is 82.9 Å². The number of guanidine groups is 1. The standard InChI is InChI=1S/C21H18ClN3OS/c1-14-9-11-15(12-10-14)13-23-21-24-20-18(7-4-8-19(20)27-25-21)26-17-6-3-2-5-16(17)22/h2-12H,13H2,1H3,(H2,23,24,25). The van der Waals surface area contributed by atoms with Crippen LogP contribution in [0.1, 0.15) is 11.1 Å². The smallest absolute Gasteiger partial charge is 0.206 e. The molecule has 0 radical (unpaired) electrons. The van der Waals surface area contributed by atoms with Crippen molar-refractivity contribution in [3.8, 4) is 11.5 Å². The maximum atomic E-state index is 6.23. The zero-order chi connectivity index (χ0) is 18.6. The van der Waals surface area contributed by atoms with Crippen LogP contribution < -0.4 is 14.8 Å². The summed E-state index contributed by atoms with van der Waals surface area (Å²) in [6.45, 7) is 2.67. The molecule has 2 N–H and O–H groups in total. The Hall–Kier alpha value is -2.63. The van der Waals surface area contributed by atoms with E-state index < -0.39 is 0 Å². The van der Waals surface area contributed by atoms with Crippen molar-refractivity contribution < 1.29 is 4.74 Å². The number of anilines is 1. The van der Waals surface area contributed by atoms with E-state index in [0.29, 0.717) is 29.0 Å². The highest BCUT2D eigenvalue weighted by Crippen LogP contribution is 2.40. The zero-order valence-corrected chi connectivity index (χ0v) is 16.3. The van der Waals surface area contributed by atoms with E-state index in [1.165, 1.54) is 17.5 Å². The van der Waals surface area contributed by atoms with Gasteiger partial charge in [0.25, 0.3) is 0 Å². The fourth-order valence-corrected chi connectivity index (χ4v) is 3.53. The number of hydrogen-bond acceptors (Lipinski definition) is 3. The molecule has 1 aliphatic rings. The number of aliphatic imine (C=N–C) groups is 1. The van der Waals surface area contributed by atoms with Gasteiger partial charge < -0.3 is 10.1 Å². The van der Waals surface area contributed by atoms with Crippen LogP contribution in [-0.4, -0.2) is 5.96 Å². The number of aryl methyl sites for hydroxylation is 1. The highest BCUT2D eigenvalue weighted by atomic mass is 35.5. The number of hydrogen-bond donors (Lipinski definition) is 2. The van der Waals surface area contributed by atoms with Gasteiger partial charge in [-0.25, -0.2) is 4.99 Å². The third kappa shape index (κ3) is 4.21. The van der Waals surface area contributed by atoms with Crippen molar-refractivity contribution in [1.82, 2.24) is 4.72 Å². The normalized spacial score (nSPS) is 14.2. The van der Waals surface area contributed by atoms with E-state index >= 15 is 0 Å². The highest BCUT2D eigenvalue weighted by Gasteiger charge is 2.19. The van der Waals surface area contributed by atoms with E-state index in [4.69, 9.17) is 16.3 Å². The summed E-state index contributed by atoms with van der Waals surface area (Å²) in [5.41, 5.74) is 3.28. The van der Waals surface area contributed by atoms with Gasteiger partial charge in [0.1, 0.15) is 5.75 Å². The predicted molar refractivity (Wildman–Crippen MR) is 113 cm³/mol. The van der Waals surface area contributed by atoms with Gasteiger partial charge >= 0.3 is 0 Å². The van der Waals surface area contributed by atoms with E-state index in [2.05, 4.69) is 46.2 Å². The van der Waals surface area contributed by atoms with Crippen LogP contribution in [0.5, 0.6) is 11.5 Å². The first-order valence-electron chi connectivity index (χ1n) is 8.54. The lowest BCUT2D eigenvalue weighted by Gasteiger charge is -2.23. The lowest BCUT2D eigenvalue weighted by Crippen LogP contribution is -2.29. The minimum atomic E-state index is 0.574. The topological polar surface area (TPSA) is 45.7 Å².